The molecule has 1 aromatic carbocycles. The van der Waals surface area contributed by atoms with Gasteiger partial charge in [-0.1, -0.05) is 12.1 Å². The Morgan fingerprint density at radius 2 is 1.91 bits per heavy atom. The molecule has 7 heteroatoms. The number of hydrogen-bond donors (Lipinski definition) is 2. The average Bonchev–Trinajstić information content (AvgIpc) is 2.70. The van der Waals surface area contributed by atoms with E-state index in [0.717, 1.165) is 24.1 Å². The van der Waals surface area contributed by atoms with E-state index in [9.17, 15) is 9.59 Å². The zero-order valence-electron chi connectivity index (χ0n) is 12.5. The number of rotatable bonds is 5. The quantitative estimate of drug-likeness (QED) is 0.845. The van der Waals surface area contributed by atoms with Gasteiger partial charge >= 0.3 is 5.69 Å². The third-order valence-corrected chi connectivity index (χ3v) is 4.00. The first-order chi connectivity index (χ1) is 10.2. The predicted molar refractivity (Wildman–Crippen MR) is 88.5 cm³/mol. The Bertz CT molecular complexity index is 718. The number of fused-ring (bicyclic) bond motifs is 1. The number of hydrogen-bond acceptors (Lipinski definition) is 3. The monoisotopic (exact) mass is 324 g/mol. The molecular formula is C15H21ClN4O2. The maximum absolute atomic E-state index is 12.4. The smallest absolute Gasteiger partial charge is 0.329 e. The summed E-state index contributed by atoms with van der Waals surface area (Å²) in [4.78, 5) is 24.4. The van der Waals surface area contributed by atoms with E-state index in [1.54, 1.807) is 9.13 Å². The number of carbonyl (C=O) groups excluding carboxylic acids is 1. The van der Waals surface area contributed by atoms with E-state index in [2.05, 4.69) is 10.6 Å². The molecule has 120 valence electrons. The summed E-state index contributed by atoms with van der Waals surface area (Å²) in [7, 11) is 0. The highest BCUT2D eigenvalue weighted by molar-refractivity contribution is 5.85. The van der Waals surface area contributed by atoms with Crippen molar-refractivity contribution in [2.24, 2.45) is 5.92 Å². The molecule has 1 saturated heterocycles. The number of aromatic nitrogens is 2. The Hall–Kier alpha value is -1.79. The highest BCUT2D eigenvalue weighted by Crippen LogP contribution is 2.12. The van der Waals surface area contributed by atoms with Crippen LogP contribution in [0.5, 0.6) is 0 Å². The zero-order chi connectivity index (χ0) is 14.8. The van der Waals surface area contributed by atoms with E-state index in [-0.39, 0.29) is 30.5 Å². The van der Waals surface area contributed by atoms with Crippen LogP contribution in [0.3, 0.4) is 0 Å². The molecule has 0 radical (unpaired) electrons. The van der Waals surface area contributed by atoms with Crippen molar-refractivity contribution in [1.82, 2.24) is 19.8 Å². The second-order valence-corrected chi connectivity index (χ2v) is 5.43. The summed E-state index contributed by atoms with van der Waals surface area (Å²) in [5.41, 5.74) is 1.56. The van der Waals surface area contributed by atoms with Crippen molar-refractivity contribution in [2.75, 3.05) is 19.6 Å². The van der Waals surface area contributed by atoms with Crippen LogP contribution in [-0.2, 0) is 17.9 Å². The highest BCUT2D eigenvalue weighted by atomic mass is 35.5. The van der Waals surface area contributed by atoms with Crippen LogP contribution in [0.4, 0.5) is 0 Å². The van der Waals surface area contributed by atoms with Crippen molar-refractivity contribution in [2.45, 2.75) is 20.0 Å². The average molecular weight is 325 g/mol. The minimum Gasteiger partial charge on any atom is -0.354 e. The number of aryl methyl sites for hydroxylation is 1. The second kappa shape index (κ2) is 6.98. The van der Waals surface area contributed by atoms with Crippen molar-refractivity contribution >= 4 is 29.3 Å². The molecule has 0 unspecified atom stereocenters. The Kier molecular flexibility index (Phi) is 5.26. The lowest BCUT2D eigenvalue weighted by Crippen LogP contribution is -2.48. The van der Waals surface area contributed by atoms with Gasteiger partial charge in [0.25, 0.3) is 0 Å². The van der Waals surface area contributed by atoms with E-state index < -0.39 is 0 Å². The number of para-hydroxylation sites is 2. The number of nitrogens with zero attached hydrogens (tertiary/aromatic N) is 2. The Labute approximate surface area is 134 Å². The summed E-state index contributed by atoms with van der Waals surface area (Å²) in [6.45, 7) is 5.19. The minimum absolute atomic E-state index is 0. The normalized spacial score (nSPS) is 14.4. The first-order valence-electron chi connectivity index (χ1n) is 7.36. The van der Waals surface area contributed by atoms with E-state index >= 15 is 0 Å². The third-order valence-electron chi connectivity index (χ3n) is 4.00. The molecule has 1 fully saturated rings. The number of imidazole rings is 1. The fraction of sp³-hybridized carbons (Fsp3) is 0.467. The van der Waals surface area contributed by atoms with E-state index in [1.807, 2.05) is 31.2 Å². The summed E-state index contributed by atoms with van der Waals surface area (Å²) in [6, 6.07) is 7.58. The molecule has 6 nitrogen and oxygen atoms in total. The van der Waals surface area contributed by atoms with E-state index in [1.165, 1.54) is 0 Å². The first-order valence-corrected chi connectivity index (χ1v) is 7.36. The van der Waals surface area contributed by atoms with Gasteiger partial charge in [-0.05, 0) is 19.1 Å². The van der Waals surface area contributed by atoms with Gasteiger partial charge in [0, 0.05) is 32.1 Å². The van der Waals surface area contributed by atoms with Gasteiger partial charge < -0.3 is 10.6 Å². The summed E-state index contributed by atoms with van der Waals surface area (Å²) in [6.07, 6.45) is 0. The lowest BCUT2D eigenvalue weighted by Gasteiger charge is -2.27. The van der Waals surface area contributed by atoms with E-state index in [0.29, 0.717) is 19.0 Å². The van der Waals surface area contributed by atoms with Crippen LogP contribution in [0.25, 0.3) is 11.0 Å². The van der Waals surface area contributed by atoms with Crippen molar-refractivity contribution in [3.63, 3.8) is 0 Å². The highest BCUT2D eigenvalue weighted by Gasteiger charge is 2.18. The maximum atomic E-state index is 12.4. The van der Waals surface area contributed by atoms with Crippen LogP contribution in [0.1, 0.15) is 6.92 Å². The number of carbonyl (C=O) groups is 1. The molecule has 1 aromatic heterocycles. The second-order valence-electron chi connectivity index (χ2n) is 5.43. The van der Waals surface area contributed by atoms with Gasteiger partial charge in [0.15, 0.2) is 0 Å². The molecule has 0 bridgehead atoms. The van der Waals surface area contributed by atoms with Crippen molar-refractivity contribution in [3.05, 3.63) is 34.7 Å². The van der Waals surface area contributed by atoms with E-state index in [4.69, 9.17) is 0 Å². The number of nitrogens with one attached hydrogen (secondary N) is 2. The lowest BCUT2D eigenvalue weighted by atomic mass is 10.0. The summed E-state index contributed by atoms with van der Waals surface area (Å²) < 4.78 is 3.24. The van der Waals surface area contributed by atoms with Crippen molar-refractivity contribution in [1.29, 1.82) is 0 Å². The van der Waals surface area contributed by atoms with Crippen LogP contribution >= 0.6 is 12.4 Å². The summed E-state index contributed by atoms with van der Waals surface area (Å²) in [5.74, 6) is 0.408. The number of benzene rings is 1. The van der Waals surface area contributed by atoms with Crippen molar-refractivity contribution < 1.29 is 4.79 Å². The molecule has 2 N–H and O–H groups in total. The largest absolute Gasteiger partial charge is 0.354 e. The zero-order valence-corrected chi connectivity index (χ0v) is 13.4. The fourth-order valence-corrected chi connectivity index (χ4v) is 2.68. The minimum atomic E-state index is -0.126. The summed E-state index contributed by atoms with van der Waals surface area (Å²) >= 11 is 0. The SMILES string of the molecule is CCn1c(=O)n(CC(=O)NCC2CNC2)c2ccccc21.Cl. The van der Waals surface area contributed by atoms with Gasteiger partial charge in [0.2, 0.25) is 5.91 Å². The molecule has 0 saturated carbocycles. The van der Waals surface area contributed by atoms with Gasteiger partial charge in [-0.2, -0.15) is 0 Å². The van der Waals surface area contributed by atoms with Gasteiger partial charge in [0.05, 0.1) is 11.0 Å². The molecule has 0 aliphatic carbocycles. The molecule has 1 aliphatic rings. The molecule has 3 rings (SSSR count). The molecule has 2 heterocycles. The van der Waals surface area contributed by atoms with Gasteiger partial charge in [-0.25, -0.2) is 4.79 Å². The standard InChI is InChI=1S/C15H20N4O2.ClH/c1-2-18-12-5-3-4-6-13(12)19(15(18)21)10-14(20)17-9-11-7-16-8-11;/h3-6,11,16H,2,7-10H2,1H3,(H,17,20);1H. The lowest BCUT2D eigenvalue weighted by molar-refractivity contribution is -0.121. The van der Waals surface area contributed by atoms with Crippen LogP contribution in [0.2, 0.25) is 0 Å². The van der Waals surface area contributed by atoms with Gasteiger partial charge in [0.1, 0.15) is 6.54 Å². The Balaban J connectivity index is 0.00000176. The Morgan fingerprint density at radius 3 is 2.45 bits per heavy atom. The topological polar surface area (TPSA) is 68.1 Å². The molecule has 0 spiro atoms. The first kappa shape index (κ1) is 16.6. The van der Waals surface area contributed by atoms with Crippen LogP contribution < -0.4 is 16.3 Å². The predicted octanol–water partition coefficient (Wildman–Crippen LogP) is 0.580. The molecular weight excluding hydrogens is 304 g/mol. The Morgan fingerprint density at radius 1 is 1.27 bits per heavy atom. The summed E-state index contributed by atoms with van der Waals surface area (Å²) in [5, 5.41) is 6.07. The van der Waals surface area contributed by atoms with Crippen LogP contribution in [0, 0.1) is 5.92 Å². The molecule has 1 amide bonds. The molecule has 0 atom stereocenters. The van der Waals surface area contributed by atoms with Gasteiger partial charge in [-0.15, -0.1) is 12.4 Å². The third kappa shape index (κ3) is 3.03. The fourth-order valence-electron chi connectivity index (χ4n) is 2.68. The van der Waals surface area contributed by atoms with Crippen LogP contribution in [-0.4, -0.2) is 34.7 Å². The van der Waals surface area contributed by atoms with Crippen LogP contribution in [0.15, 0.2) is 29.1 Å². The molecule has 2 aromatic rings. The van der Waals surface area contributed by atoms with Crippen molar-refractivity contribution in [3.8, 4) is 0 Å². The number of amides is 1. The molecule has 22 heavy (non-hydrogen) atoms. The number of halogens is 1. The van der Waals surface area contributed by atoms with Gasteiger partial charge in [-0.3, -0.25) is 13.9 Å². The molecule has 1 aliphatic heterocycles. The maximum Gasteiger partial charge on any atom is 0.329 e.